The predicted molar refractivity (Wildman–Crippen MR) is 235 cm³/mol. The standard InChI is InChI=1S/C53H32N4O2/c58-49-40-24-13-23-39(37-28-30-46-44(32-37)43-31-36(33-15-5-1-6-16-33)27-29-45(43)57(46)38-21-11-4-12-22-38)47(40)50(59)48-41(49)25-14-26-42(48)53-55-51(34-17-7-2-8-18-34)54-52(56-53)35-19-9-3-10-20-35/h1-32H. The number of aromatic nitrogens is 4. The Hall–Kier alpha value is -8.09. The van der Waals surface area contributed by atoms with Gasteiger partial charge in [0, 0.05) is 55.4 Å². The Balaban J connectivity index is 1.10. The van der Waals surface area contributed by atoms with E-state index in [2.05, 4.69) is 77.4 Å². The molecule has 11 rings (SSSR count). The van der Waals surface area contributed by atoms with E-state index in [4.69, 9.17) is 15.0 Å². The lowest BCUT2D eigenvalue weighted by atomic mass is 9.78. The van der Waals surface area contributed by atoms with Crippen LogP contribution in [-0.4, -0.2) is 31.1 Å². The largest absolute Gasteiger partial charge is 0.309 e. The van der Waals surface area contributed by atoms with Crippen LogP contribution in [0.5, 0.6) is 0 Å². The summed E-state index contributed by atoms with van der Waals surface area (Å²) in [7, 11) is 0. The van der Waals surface area contributed by atoms with E-state index in [1.807, 2.05) is 103 Å². The molecule has 8 aromatic carbocycles. The second kappa shape index (κ2) is 13.8. The Morgan fingerprint density at radius 3 is 1.34 bits per heavy atom. The van der Waals surface area contributed by atoms with Crippen LogP contribution in [0.3, 0.4) is 0 Å². The number of rotatable bonds is 6. The van der Waals surface area contributed by atoms with Gasteiger partial charge in [-0.1, -0.05) is 158 Å². The van der Waals surface area contributed by atoms with Gasteiger partial charge < -0.3 is 4.57 Å². The summed E-state index contributed by atoms with van der Waals surface area (Å²) >= 11 is 0. The zero-order valence-corrected chi connectivity index (χ0v) is 31.6. The summed E-state index contributed by atoms with van der Waals surface area (Å²) in [6.45, 7) is 0. The second-order valence-corrected chi connectivity index (χ2v) is 14.7. The van der Waals surface area contributed by atoms with Gasteiger partial charge in [-0.3, -0.25) is 9.59 Å². The normalized spacial score (nSPS) is 12.1. The van der Waals surface area contributed by atoms with Crippen molar-refractivity contribution in [1.82, 2.24) is 19.5 Å². The summed E-state index contributed by atoms with van der Waals surface area (Å²) in [4.78, 5) is 44.4. The van der Waals surface area contributed by atoms with Crippen molar-refractivity contribution in [3.63, 3.8) is 0 Å². The summed E-state index contributed by atoms with van der Waals surface area (Å²) in [5.74, 6) is 0.804. The molecule has 0 aliphatic heterocycles. The molecule has 276 valence electrons. The fourth-order valence-corrected chi connectivity index (χ4v) is 8.45. The highest BCUT2D eigenvalue weighted by Gasteiger charge is 2.35. The van der Waals surface area contributed by atoms with Crippen LogP contribution in [0.4, 0.5) is 0 Å². The smallest absolute Gasteiger partial charge is 0.195 e. The van der Waals surface area contributed by atoms with E-state index in [1.165, 1.54) is 0 Å². The van der Waals surface area contributed by atoms with Gasteiger partial charge in [-0.15, -0.1) is 0 Å². The van der Waals surface area contributed by atoms with Crippen molar-refractivity contribution in [3.8, 4) is 62.1 Å². The van der Waals surface area contributed by atoms with Crippen LogP contribution < -0.4 is 0 Å². The third kappa shape index (κ3) is 5.69. The van der Waals surface area contributed by atoms with Gasteiger partial charge in [0.2, 0.25) is 0 Å². The Kier molecular flexibility index (Phi) is 8.01. The molecule has 2 aromatic heterocycles. The summed E-state index contributed by atoms with van der Waals surface area (Å²) in [6.07, 6.45) is 0. The number of fused-ring (bicyclic) bond motifs is 5. The maximum absolute atomic E-state index is 15.2. The number of benzene rings is 8. The molecule has 1 aliphatic rings. The third-order valence-corrected chi connectivity index (χ3v) is 11.2. The first-order valence-corrected chi connectivity index (χ1v) is 19.5. The van der Waals surface area contributed by atoms with Crippen molar-refractivity contribution in [1.29, 1.82) is 0 Å². The molecule has 1 aliphatic carbocycles. The van der Waals surface area contributed by atoms with Gasteiger partial charge in [0.1, 0.15) is 0 Å². The lowest BCUT2D eigenvalue weighted by Gasteiger charge is -2.22. The van der Waals surface area contributed by atoms with Crippen LogP contribution in [0.25, 0.3) is 83.9 Å². The number of carbonyl (C=O) groups excluding carboxylic acids is 2. The maximum atomic E-state index is 15.2. The summed E-state index contributed by atoms with van der Waals surface area (Å²) in [5.41, 5.74) is 10.4. The van der Waals surface area contributed by atoms with E-state index in [1.54, 1.807) is 18.2 Å². The van der Waals surface area contributed by atoms with Gasteiger partial charge in [0.15, 0.2) is 29.0 Å². The predicted octanol–water partition coefficient (Wildman–Crippen LogP) is 12.1. The fraction of sp³-hybridized carbons (Fsp3) is 0. The van der Waals surface area contributed by atoms with Crippen LogP contribution >= 0.6 is 0 Å². The molecular weight excluding hydrogens is 725 g/mol. The van der Waals surface area contributed by atoms with Crippen LogP contribution in [0.1, 0.15) is 31.8 Å². The van der Waals surface area contributed by atoms with Gasteiger partial charge in [-0.05, 0) is 58.7 Å². The molecule has 0 saturated carbocycles. The Labute approximate surface area is 339 Å². The molecule has 59 heavy (non-hydrogen) atoms. The van der Waals surface area contributed by atoms with Gasteiger partial charge in [0.25, 0.3) is 0 Å². The summed E-state index contributed by atoms with van der Waals surface area (Å²) < 4.78 is 2.28. The molecular formula is C53H32N4O2. The Morgan fingerprint density at radius 2 is 0.763 bits per heavy atom. The van der Waals surface area contributed by atoms with Crippen LogP contribution in [0.15, 0.2) is 194 Å². The molecule has 6 heteroatoms. The lowest BCUT2D eigenvalue weighted by molar-refractivity contribution is 0.0980. The van der Waals surface area contributed by atoms with Crippen molar-refractivity contribution in [2.45, 2.75) is 0 Å². The SMILES string of the molecule is O=C1c2cccc(-c3ccc4c(c3)c3cc(-c5ccccc5)ccc3n4-c3ccccc3)c2C(=O)c2c1cccc2-c1nc(-c2ccccc2)nc(-c2ccccc2)n1. The molecule has 0 fully saturated rings. The van der Waals surface area contributed by atoms with E-state index in [-0.39, 0.29) is 17.1 Å². The molecule has 0 bridgehead atoms. The van der Waals surface area contributed by atoms with E-state index < -0.39 is 0 Å². The zero-order valence-electron chi connectivity index (χ0n) is 31.6. The number of hydrogen-bond acceptors (Lipinski definition) is 5. The molecule has 0 N–H and O–H groups in total. The van der Waals surface area contributed by atoms with Crippen molar-refractivity contribution < 1.29 is 9.59 Å². The van der Waals surface area contributed by atoms with E-state index in [0.717, 1.165) is 55.3 Å². The lowest BCUT2D eigenvalue weighted by Crippen LogP contribution is -2.23. The van der Waals surface area contributed by atoms with Crippen LogP contribution in [0.2, 0.25) is 0 Å². The molecule has 0 saturated heterocycles. The van der Waals surface area contributed by atoms with Gasteiger partial charge in [-0.2, -0.15) is 0 Å². The highest BCUT2D eigenvalue weighted by atomic mass is 16.1. The average Bonchev–Trinajstić information content (AvgIpc) is 3.64. The minimum Gasteiger partial charge on any atom is -0.309 e. The second-order valence-electron chi connectivity index (χ2n) is 14.7. The van der Waals surface area contributed by atoms with Gasteiger partial charge in [-0.25, -0.2) is 15.0 Å². The molecule has 0 unspecified atom stereocenters. The zero-order chi connectivity index (χ0) is 39.5. The van der Waals surface area contributed by atoms with Gasteiger partial charge in [0.05, 0.1) is 11.0 Å². The number of hydrogen-bond donors (Lipinski definition) is 0. The Morgan fingerprint density at radius 1 is 0.322 bits per heavy atom. The van der Waals surface area contributed by atoms with E-state index in [0.29, 0.717) is 45.3 Å². The summed E-state index contributed by atoms with van der Waals surface area (Å²) in [5, 5.41) is 2.13. The molecule has 0 amide bonds. The molecule has 0 spiro atoms. The quantitative estimate of drug-likeness (QED) is 0.169. The molecule has 0 atom stereocenters. The van der Waals surface area contributed by atoms with Crippen LogP contribution in [0, 0.1) is 0 Å². The first-order chi connectivity index (χ1) is 29.1. The maximum Gasteiger partial charge on any atom is 0.195 e. The van der Waals surface area contributed by atoms with E-state index >= 15 is 4.79 Å². The van der Waals surface area contributed by atoms with E-state index in [9.17, 15) is 4.79 Å². The Bertz CT molecular complexity index is 3230. The molecule has 10 aromatic rings. The van der Waals surface area contributed by atoms with Crippen LogP contribution in [-0.2, 0) is 0 Å². The molecule has 2 heterocycles. The third-order valence-electron chi connectivity index (χ3n) is 11.2. The van der Waals surface area contributed by atoms with Gasteiger partial charge >= 0.3 is 0 Å². The highest BCUT2D eigenvalue weighted by molar-refractivity contribution is 6.32. The number of carbonyl (C=O) groups is 2. The fourth-order valence-electron chi connectivity index (χ4n) is 8.45. The molecule has 6 nitrogen and oxygen atoms in total. The number of ketones is 2. The van der Waals surface area contributed by atoms with Crippen molar-refractivity contribution >= 4 is 33.4 Å². The molecule has 0 radical (unpaired) electrons. The van der Waals surface area contributed by atoms with Crippen molar-refractivity contribution in [2.75, 3.05) is 0 Å². The number of para-hydroxylation sites is 1. The first kappa shape index (κ1) is 34.2. The topological polar surface area (TPSA) is 77.7 Å². The minimum atomic E-state index is -0.248. The monoisotopic (exact) mass is 756 g/mol. The summed E-state index contributed by atoms with van der Waals surface area (Å²) in [6, 6.07) is 64.0. The highest BCUT2D eigenvalue weighted by Crippen LogP contribution is 2.41. The number of nitrogens with zero attached hydrogens (tertiary/aromatic N) is 4. The van der Waals surface area contributed by atoms with Crippen molar-refractivity contribution in [2.24, 2.45) is 0 Å². The van der Waals surface area contributed by atoms with Crippen molar-refractivity contribution in [3.05, 3.63) is 216 Å². The minimum absolute atomic E-state index is 0.215. The first-order valence-electron chi connectivity index (χ1n) is 19.5. The average molecular weight is 757 g/mol.